The second kappa shape index (κ2) is 5.05. The first kappa shape index (κ1) is 12.2. The van der Waals surface area contributed by atoms with Gasteiger partial charge in [-0.2, -0.15) is 0 Å². The van der Waals surface area contributed by atoms with Gasteiger partial charge in [-0.15, -0.1) is 0 Å². The molecule has 0 atom stereocenters. The Hall–Kier alpha value is -1.81. The lowest BCUT2D eigenvalue weighted by Crippen LogP contribution is -2.46. The number of nitrogens with one attached hydrogen (secondary N) is 1. The largest absolute Gasteiger partial charge is 0.369 e. The fraction of sp³-hybridized carbons (Fsp3) is 0.400. The Kier molecular flexibility index (Phi) is 3.25. The van der Waals surface area contributed by atoms with Crippen LogP contribution < -0.4 is 10.5 Å². The number of pyridine rings is 1. The third-order valence-electron chi connectivity index (χ3n) is 3.89. The molecule has 19 heavy (non-hydrogen) atoms. The number of benzene rings is 1. The third kappa shape index (κ3) is 2.49. The van der Waals surface area contributed by atoms with Crippen LogP contribution in [0, 0.1) is 0 Å². The van der Waals surface area contributed by atoms with Crippen molar-refractivity contribution >= 4 is 16.6 Å². The number of anilines is 1. The summed E-state index contributed by atoms with van der Waals surface area (Å²) in [7, 11) is 0. The highest BCUT2D eigenvalue weighted by atomic mass is 16.1. The lowest BCUT2D eigenvalue weighted by molar-refractivity contribution is 0.271. The number of aromatic amines is 1. The Morgan fingerprint density at radius 3 is 2.58 bits per heavy atom. The maximum atomic E-state index is 11.4. The first-order valence-electron chi connectivity index (χ1n) is 6.86. The molecule has 4 heteroatoms. The highest BCUT2D eigenvalue weighted by molar-refractivity contribution is 5.82. The number of hydrogen-bond acceptors (Lipinski definition) is 3. The maximum Gasteiger partial charge on any atom is 0.248 e. The number of likely N-dealkylation sites (N-methyl/N-ethyl adjacent to an activating group) is 1. The molecule has 1 fully saturated rings. The quantitative estimate of drug-likeness (QED) is 0.889. The molecule has 0 spiro atoms. The van der Waals surface area contributed by atoms with Gasteiger partial charge in [-0.25, -0.2) is 0 Å². The minimum Gasteiger partial charge on any atom is -0.369 e. The molecule has 1 aliphatic rings. The van der Waals surface area contributed by atoms with Crippen molar-refractivity contribution in [1.29, 1.82) is 0 Å². The molecule has 2 aromatic rings. The van der Waals surface area contributed by atoms with Gasteiger partial charge >= 0.3 is 0 Å². The van der Waals surface area contributed by atoms with Crippen molar-refractivity contribution in [3.63, 3.8) is 0 Å². The van der Waals surface area contributed by atoms with E-state index in [1.165, 1.54) is 5.69 Å². The highest BCUT2D eigenvalue weighted by Crippen LogP contribution is 2.21. The van der Waals surface area contributed by atoms with Crippen molar-refractivity contribution < 1.29 is 0 Å². The number of fused-ring (bicyclic) bond motifs is 1. The van der Waals surface area contributed by atoms with Gasteiger partial charge in [-0.05, 0) is 30.1 Å². The summed E-state index contributed by atoms with van der Waals surface area (Å²) in [5.41, 5.74) is 2.08. The molecule has 100 valence electrons. The molecule has 1 saturated heterocycles. The van der Waals surface area contributed by atoms with Gasteiger partial charge in [0.15, 0.2) is 0 Å². The van der Waals surface area contributed by atoms with E-state index in [2.05, 4.69) is 39.9 Å². The van der Waals surface area contributed by atoms with E-state index in [9.17, 15) is 4.79 Å². The van der Waals surface area contributed by atoms with Crippen LogP contribution in [-0.4, -0.2) is 42.6 Å². The van der Waals surface area contributed by atoms with Crippen molar-refractivity contribution in [2.24, 2.45) is 0 Å². The van der Waals surface area contributed by atoms with Crippen LogP contribution in [0.4, 0.5) is 5.69 Å². The molecule has 0 saturated carbocycles. The summed E-state index contributed by atoms with van der Waals surface area (Å²) >= 11 is 0. The van der Waals surface area contributed by atoms with Crippen molar-refractivity contribution in [3.8, 4) is 0 Å². The van der Waals surface area contributed by atoms with E-state index in [-0.39, 0.29) is 5.56 Å². The number of rotatable bonds is 2. The molecule has 0 amide bonds. The molecule has 0 bridgehead atoms. The first-order chi connectivity index (χ1) is 9.26. The summed E-state index contributed by atoms with van der Waals surface area (Å²) in [5.74, 6) is 0. The van der Waals surface area contributed by atoms with E-state index in [0.29, 0.717) is 0 Å². The van der Waals surface area contributed by atoms with Gasteiger partial charge in [0.25, 0.3) is 0 Å². The fourth-order valence-corrected chi connectivity index (χ4v) is 2.66. The summed E-state index contributed by atoms with van der Waals surface area (Å²) in [4.78, 5) is 19.1. The average molecular weight is 257 g/mol. The van der Waals surface area contributed by atoms with E-state index >= 15 is 0 Å². The topological polar surface area (TPSA) is 39.3 Å². The molecular weight excluding hydrogens is 238 g/mol. The molecular formula is C15H19N3O. The van der Waals surface area contributed by atoms with Crippen LogP contribution in [0.15, 0.2) is 35.1 Å². The normalized spacial score (nSPS) is 17.0. The molecule has 1 N–H and O–H groups in total. The van der Waals surface area contributed by atoms with Crippen molar-refractivity contribution in [2.75, 3.05) is 37.6 Å². The van der Waals surface area contributed by atoms with Crippen molar-refractivity contribution in [3.05, 3.63) is 40.7 Å². The highest BCUT2D eigenvalue weighted by Gasteiger charge is 2.15. The third-order valence-corrected chi connectivity index (χ3v) is 3.89. The number of piperazine rings is 1. The van der Waals surface area contributed by atoms with Gasteiger partial charge in [0.2, 0.25) is 5.56 Å². The first-order valence-corrected chi connectivity index (χ1v) is 6.86. The summed E-state index contributed by atoms with van der Waals surface area (Å²) in [6.45, 7) is 7.65. The van der Waals surface area contributed by atoms with E-state index in [4.69, 9.17) is 0 Å². The van der Waals surface area contributed by atoms with Gasteiger partial charge in [0.1, 0.15) is 0 Å². The molecule has 1 aromatic carbocycles. The fourth-order valence-electron chi connectivity index (χ4n) is 2.66. The lowest BCUT2D eigenvalue weighted by atomic mass is 10.1. The molecule has 1 aromatic heterocycles. The van der Waals surface area contributed by atoms with Crippen molar-refractivity contribution in [1.82, 2.24) is 9.88 Å². The van der Waals surface area contributed by atoms with E-state index in [1.54, 1.807) is 6.07 Å². The zero-order chi connectivity index (χ0) is 13.2. The number of H-pyrrole nitrogens is 1. The van der Waals surface area contributed by atoms with E-state index < -0.39 is 0 Å². The molecule has 3 rings (SSSR count). The van der Waals surface area contributed by atoms with Crippen LogP contribution in [0.1, 0.15) is 6.92 Å². The summed E-state index contributed by atoms with van der Waals surface area (Å²) < 4.78 is 0. The summed E-state index contributed by atoms with van der Waals surface area (Å²) in [5, 5.41) is 1.08. The SMILES string of the molecule is CCN1CCN(c2ccc3ccc(=O)[nH]c3c2)CC1. The monoisotopic (exact) mass is 257 g/mol. The number of aromatic nitrogens is 1. The minimum atomic E-state index is -0.0412. The Morgan fingerprint density at radius 2 is 1.84 bits per heavy atom. The smallest absolute Gasteiger partial charge is 0.248 e. The summed E-state index contributed by atoms with van der Waals surface area (Å²) in [6.07, 6.45) is 0. The van der Waals surface area contributed by atoms with Crippen LogP contribution in [0.2, 0.25) is 0 Å². The Bertz CT molecular complexity index is 627. The molecule has 0 unspecified atom stereocenters. The second-order valence-corrected chi connectivity index (χ2v) is 5.02. The molecule has 2 heterocycles. The zero-order valence-corrected chi connectivity index (χ0v) is 11.2. The lowest BCUT2D eigenvalue weighted by Gasteiger charge is -2.35. The van der Waals surface area contributed by atoms with Crippen LogP contribution in [-0.2, 0) is 0 Å². The minimum absolute atomic E-state index is 0.0412. The number of hydrogen-bond donors (Lipinski definition) is 1. The van der Waals surface area contributed by atoms with Crippen LogP contribution in [0.3, 0.4) is 0 Å². The summed E-state index contributed by atoms with van der Waals surface area (Å²) in [6, 6.07) is 9.74. The van der Waals surface area contributed by atoms with Gasteiger partial charge in [0, 0.05) is 37.9 Å². The second-order valence-electron chi connectivity index (χ2n) is 5.02. The Labute approximate surface area is 112 Å². The Morgan fingerprint density at radius 1 is 1.11 bits per heavy atom. The van der Waals surface area contributed by atoms with Gasteiger partial charge in [-0.3, -0.25) is 4.79 Å². The predicted octanol–water partition coefficient (Wildman–Crippen LogP) is 1.67. The van der Waals surface area contributed by atoms with E-state index in [1.807, 2.05) is 6.07 Å². The van der Waals surface area contributed by atoms with Crippen molar-refractivity contribution in [2.45, 2.75) is 6.92 Å². The van der Waals surface area contributed by atoms with Crippen LogP contribution in [0.25, 0.3) is 10.9 Å². The maximum absolute atomic E-state index is 11.4. The molecule has 0 radical (unpaired) electrons. The predicted molar refractivity (Wildman–Crippen MR) is 78.9 cm³/mol. The molecule has 0 aliphatic carbocycles. The number of nitrogens with zero attached hydrogens (tertiary/aromatic N) is 2. The molecule has 1 aliphatic heterocycles. The average Bonchev–Trinajstić information content (AvgIpc) is 2.46. The van der Waals surface area contributed by atoms with Gasteiger partial charge < -0.3 is 14.8 Å². The van der Waals surface area contributed by atoms with Crippen LogP contribution >= 0.6 is 0 Å². The Balaban J connectivity index is 1.87. The van der Waals surface area contributed by atoms with Crippen LogP contribution in [0.5, 0.6) is 0 Å². The van der Waals surface area contributed by atoms with Gasteiger partial charge in [0.05, 0.1) is 5.52 Å². The van der Waals surface area contributed by atoms with Gasteiger partial charge in [-0.1, -0.05) is 13.0 Å². The standard InChI is InChI=1S/C15H19N3O/c1-2-17-7-9-18(10-8-17)13-5-3-12-4-6-15(19)16-14(12)11-13/h3-6,11H,2,7-10H2,1H3,(H,16,19). The van der Waals surface area contributed by atoms with E-state index in [0.717, 1.165) is 43.6 Å². The zero-order valence-electron chi connectivity index (χ0n) is 11.2. The molecule has 4 nitrogen and oxygen atoms in total.